The molecule has 126 valence electrons. The molecule has 0 aromatic heterocycles. The van der Waals surface area contributed by atoms with Gasteiger partial charge in [-0.25, -0.2) is 4.79 Å². The quantitative estimate of drug-likeness (QED) is 0.648. The van der Waals surface area contributed by atoms with Crippen molar-refractivity contribution in [1.82, 2.24) is 10.2 Å². The zero-order valence-corrected chi connectivity index (χ0v) is 13.7. The first-order valence-electron chi connectivity index (χ1n) is 7.76. The molecule has 1 rings (SSSR count). The largest absolute Gasteiger partial charge is 0.480 e. The molecule has 7 heteroatoms. The maximum Gasteiger partial charge on any atom is 0.326 e. The standard InChI is InChI=1S/C15H27N3O4/c1-8(2)11(16)13(19)17-12(9(3)4)14(20)18-7-5-6-10(18)15(21)22/h8-12H,5-7,16H2,1-4H3,(H,17,19)(H,21,22)/t10-,11+,12+/m1/s1. The fourth-order valence-electron chi connectivity index (χ4n) is 2.53. The zero-order chi connectivity index (χ0) is 17.0. The van der Waals surface area contributed by atoms with Gasteiger partial charge in [0.1, 0.15) is 12.1 Å². The number of hydrogen-bond donors (Lipinski definition) is 3. The van der Waals surface area contributed by atoms with Gasteiger partial charge in [-0.2, -0.15) is 0 Å². The maximum atomic E-state index is 12.6. The van der Waals surface area contributed by atoms with Crippen LogP contribution < -0.4 is 11.1 Å². The third-order valence-electron chi connectivity index (χ3n) is 4.07. The average molecular weight is 313 g/mol. The molecule has 0 bridgehead atoms. The normalized spacial score (nSPS) is 21.0. The summed E-state index contributed by atoms with van der Waals surface area (Å²) in [6.45, 7) is 7.70. The van der Waals surface area contributed by atoms with Crippen molar-refractivity contribution in [3.63, 3.8) is 0 Å². The maximum absolute atomic E-state index is 12.6. The van der Waals surface area contributed by atoms with Crippen molar-refractivity contribution >= 4 is 17.8 Å². The minimum absolute atomic E-state index is 0.0403. The van der Waals surface area contributed by atoms with E-state index >= 15 is 0 Å². The Labute approximate surface area is 131 Å². The number of nitrogens with two attached hydrogens (primary N) is 1. The van der Waals surface area contributed by atoms with Crippen LogP contribution in [0.1, 0.15) is 40.5 Å². The molecule has 1 aliphatic heterocycles. The van der Waals surface area contributed by atoms with Crippen molar-refractivity contribution in [2.75, 3.05) is 6.54 Å². The summed E-state index contributed by atoms with van der Waals surface area (Å²) < 4.78 is 0. The molecule has 0 aromatic carbocycles. The Morgan fingerprint density at radius 3 is 2.23 bits per heavy atom. The number of hydrogen-bond acceptors (Lipinski definition) is 4. The van der Waals surface area contributed by atoms with E-state index in [1.807, 2.05) is 27.7 Å². The number of carbonyl (C=O) groups excluding carboxylic acids is 2. The van der Waals surface area contributed by atoms with Crippen LogP contribution in [-0.4, -0.2) is 52.5 Å². The van der Waals surface area contributed by atoms with E-state index in [0.717, 1.165) is 0 Å². The lowest BCUT2D eigenvalue weighted by molar-refractivity contribution is -0.150. The molecular formula is C15H27N3O4. The fourth-order valence-corrected chi connectivity index (χ4v) is 2.53. The van der Waals surface area contributed by atoms with Crippen LogP contribution in [0.2, 0.25) is 0 Å². The molecule has 4 N–H and O–H groups in total. The number of carboxylic acid groups (broad SMARTS) is 1. The predicted molar refractivity (Wildman–Crippen MR) is 82.0 cm³/mol. The monoisotopic (exact) mass is 313 g/mol. The topological polar surface area (TPSA) is 113 Å². The van der Waals surface area contributed by atoms with Crippen LogP contribution in [0.15, 0.2) is 0 Å². The van der Waals surface area contributed by atoms with Gasteiger partial charge in [0.05, 0.1) is 6.04 Å². The van der Waals surface area contributed by atoms with Gasteiger partial charge in [0, 0.05) is 6.54 Å². The molecule has 1 saturated heterocycles. The van der Waals surface area contributed by atoms with Crippen LogP contribution in [0.25, 0.3) is 0 Å². The van der Waals surface area contributed by atoms with E-state index in [1.54, 1.807) is 0 Å². The highest BCUT2D eigenvalue weighted by atomic mass is 16.4. The van der Waals surface area contributed by atoms with Gasteiger partial charge in [-0.05, 0) is 24.7 Å². The van der Waals surface area contributed by atoms with Crippen molar-refractivity contribution in [3.05, 3.63) is 0 Å². The number of rotatable bonds is 6. The van der Waals surface area contributed by atoms with Gasteiger partial charge in [-0.15, -0.1) is 0 Å². The Morgan fingerprint density at radius 2 is 1.77 bits per heavy atom. The van der Waals surface area contributed by atoms with Crippen molar-refractivity contribution in [1.29, 1.82) is 0 Å². The third-order valence-corrected chi connectivity index (χ3v) is 4.07. The Bertz CT molecular complexity index is 437. The minimum Gasteiger partial charge on any atom is -0.480 e. The molecule has 1 fully saturated rings. The molecular weight excluding hydrogens is 286 g/mol. The van der Waals surface area contributed by atoms with Crippen LogP contribution in [-0.2, 0) is 14.4 Å². The molecule has 2 amide bonds. The molecule has 7 nitrogen and oxygen atoms in total. The highest BCUT2D eigenvalue weighted by Crippen LogP contribution is 2.20. The fraction of sp³-hybridized carbons (Fsp3) is 0.800. The molecule has 0 spiro atoms. The first-order valence-corrected chi connectivity index (χ1v) is 7.76. The number of nitrogens with one attached hydrogen (secondary N) is 1. The lowest BCUT2D eigenvalue weighted by Gasteiger charge is -2.30. The third kappa shape index (κ3) is 4.19. The lowest BCUT2D eigenvalue weighted by atomic mass is 9.99. The molecule has 0 aliphatic carbocycles. The van der Waals surface area contributed by atoms with Gasteiger partial charge < -0.3 is 21.1 Å². The van der Waals surface area contributed by atoms with E-state index < -0.39 is 24.1 Å². The number of likely N-dealkylation sites (tertiary alicyclic amines) is 1. The molecule has 1 aliphatic rings. The highest BCUT2D eigenvalue weighted by Gasteiger charge is 2.39. The summed E-state index contributed by atoms with van der Waals surface area (Å²) in [4.78, 5) is 37.3. The van der Waals surface area contributed by atoms with Crippen molar-refractivity contribution < 1.29 is 19.5 Å². The summed E-state index contributed by atoms with van der Waals surface area (Å²) in [5, 5.41) is 11.9. The van der Waals surface area contributed by atoms with Crippen molar-refractivity contribution in [2.45, 2.75) is 58.7 Å². The first-order chi connectivity index (χ1) is 10.2. The molecule has 1 heterocycles. The highest BCUT2D eigenvalue weighted by molar-refractivity contribution is 5.92. The first kappa shape index (κ1) is 18.4. The van der Waals surface area contributed by atoms with Crippen molar-refractivity contribution in [3.8, 4) is 0 Å². The Hall–Kier alpha value is -1.63. The van der Waals surface area contributed by atoms with Crippen LogP contribution >= 0.6 is 0 Å². The van der Waals surface area contributed by atoms with E-state index in [1.165, 1.54) is 4.90 Å². The second kappa shape index (κ2) is 7.58. The summed E-state index contributed by atoms with van der Waals surface area (Å²) in [7, 11) is 0. The van der Waals surface area contributed by atoms with Gasteiger partial charge in [0.25, 0.3) is 0 Å². The molecule has 0 saturated carbocycles. The second-order valence-corrected chi connectivity index (χ2v) is 6.53. The van der Waals surface area contributed by atoms with E-state index in [0.29, 0.717) is 19.4 Å². The van der Waals surface area contributed by atoms with Gasteiger partial charge in [0.15, 0.2) is 0 Å². The van der Waals surface area contributed by atoms with Gasteiger partial charge in [0.2, 0.25) is 11.8 Å². The number of nitrogens with zero attached hydrogens (tertiary/aromatic N) is 1. The second-order valence-electron chi connectivity index (χ2n) is 6.53. The molecule has 0 radical (unpaired) electrons. The Kier molecular flexibility index (Phi) is 6.34. The Morgan fingerprint density at radius 1 is 1.18 bits per heavy atom. The smallest absolute Gasteiger partial charge is 0.326 e. The molecule has 22 heavy (non-hydrogen) atoms. The van der Waals surface area contributed by atoms with E-state index in [9.17, 15) is 19.5 Å². The summed E-state index contributed by atoms with van der Waals surface area (Å²) in [5.41, 5.74) is 5.81. The zero-order valence-electron chi connectivity index (χ0n) is 13.7. The van der Waals surface area contributed by atoms with E-state index in [2.05, 4.69) is 5.32 Å². The average Bonchev–Trinajstić information content (AvgIpc) is 2.91. The van der Waals surface area contributed by atoms with Crippen LogP contribution in [0.3, 0.4) is 0 Å². The SMILES string of the molecule is CC(C)[C@H](N)C(=O)N[C@H](C(=O)N1CCC[C@@H]1C(=O)O)C(C)C. The molecule has 0 aromatic rings. The van der Waals surface area contributed by atoms with Crippen LogP contribution in [0.5, 0.6) is 0 Å². The molecule has 0 unspecified atom stereocenters. The van der Waals surface area contributed by atoms with Gasteiger partial charge in [-0.1, -0.05) is 27.7 Å². The number of carbonyl (C=O) groups is 3. The van der Waals surface area contributed by atoms with Crippen molar-refractivity contribution in [2.24, 2.45) is 17.6 Å². The lowest BCUT2D eigenvalue weighted by Crippen LogP contribution is -2.57. The van der Waals surface area contributed by atoms with E-state index in [4.69, 9.17) is 5.73 Å². The summed E-state index contributed by atoms with van der Waals surface area (Å²) in [6, 6.07) is -2.25. The van der Waals surface area contributed by atoms with Gasteiger partial charge in [-0.3, -0.25) is 9.59 Å². The molecule has 3 atom stereocenters. The van der Waals surface area contributed by atoms with Crippen LogP contribution in [0, 0.1) is 11.8 Å². The summed E-state index contributed by atoms with van der Waals surface area (Å²) in [6.07, 6.45) is 1.11. The summed E-state index contributed by atoms with van der Waals surface area (Å²) >= 11 is 0. The Balaban J connectivity index is 2.84. The van der Waals surface area contributed by atoms with Gasteiger partial charge >= 0.3 is 5.97 Å². The number of amides is 2. The van der Waals surface area contributed by atoms with Crippen LogP contribution in [0.4, 0.5) is 0 Å². The number of aliphatic carboxylic acids is 1. The minimum atomic E-state index is -1.00. The summed E-state index contributed by atoms with van der Waals surface area (Å²) in [5.74, 6) is -1.91. The number of carboxylic acids is 1. The predicted octanol–water partition coefficient (Wildman–Crippen LogP) is 0.186. The van der Waals surface area contributed by atoms with E-state index in [-0.39, 0.29) is 23.7 Å².